The molecule has 0 heterocycles. The lowest BCUT2D eigenvalue weighted by atomic mass is 10.0. The highest BCUT2D eigenvalue weighted by Crippen LogP contribution is 2.16. The Kier molecular flexibility index (Phi) is 6.38. The third-order valence-corrected chi connectivity index (χ3v) is 3.66. The second-order valence-corrected chi connectivity index (χ2v) is 5.64. The zero-order valence-electron chi connectivity index (χ0n) is 13.7. The summed E-state index contributed by atoms with van der Waals surface area (Å²) in [5, 5.41) is 0. The van der Waals surface area contributed by atoms with Crippen LogP contribution in [0.2, 0.25) is 0 Å². The van der Waals surface area contributed by atoms with Gasteiger partial charge in [-0.05, 0) is 47.1 Å². The van der Waals surface area contributed by atoms with Crippen LogP contribution < -0.4 is 0 Å². The SMILES string of the molecule is C=CCc1ccc(C=Cc2cc(CC=C)cc(CC=C)c2)cc1. The molecular formula is C23H24. The average molecular weight is 300 g/mol. The number of hydrogen-bond donors (Lipinski definition) is 0. The summed E-state index contributed by atoms with van der Waals surface area (Å²) in [5.74, 6) is 0. The molecule has 0 nitrogen and oxygen atoms in total. The quantitative estimate of drug-likeness (QED) is 0.411. The summed E-state index contributed by atoms with van der Waals surface area (Å²) in [6.07, 6.45) is 12.8. The number of benzene rings is 2. The van der Waals surface area contributed by atoms with E-state index < -0.39 is 0 Å². The van der Waals surface area contributed by atoms with Gasteiger partial charge in [-0.15, -0.1) is 19.7 Å². The second kappa shape index (κ2) is 8.75. The zero-order valence-corrected chi connectivity index (χ0v) is 13.7. The minimum atomic E-state index is 0.891. The van der Waals surface area contributed by atoms with Gasteiger partial charge >= 0.3 is 0 Å². The third kappa shape index (κ3) is 5.27. The Morgan fingerprint density at radius 2 is 1.04 bits per heavy atom. The first kappa shape index (κ1) is 16.8. The van der Waals surface area contributed by atoms with Crippen molar-refractivity contribution in [3.63, 3.8) is 0 Å². The van der Waals surface area contributed by atoms with E-state index in [2.05, 4.69) is 74.4 Å². The van der Waals surface area contributed by atoms with E-state index in [1.807, 2.05) is 18.2 Å². The van der Waals surface area contributed by atoms with Crippen LogP contribution in [0.25, 0.3) is 12.2 Å². The Morgan fingerprint density at radius 3 is 1.57 bits per heavy atom. The molecule has 0 spiro atoms. The van der Waals surface area contributed by atoms with Gasteiger partial charge in [0.2, 0.25) is 0 Å². The molecule has 2 aromatic rings. The molecule has 0 saturated heterocycles. The number of allylic oxidation sites excluding steroid dienone is 3. The number of rotatable bonds is 8. The lowest BCUT2D eigenvalue weighted by molar-refractivity contribution is 1.20. The van der Waals surface area contributed by atoms with Crippen molar-refractivity contribution in [2.24, 2.45) is 0 Å². The molecule has 2 rings (SSSR count). The maximum absolute atomic E-state index is 3.83. The summed E-state index contributed by atoms with van der Waals surface area (Å²) in [6, 6.07) is 15.3. The van der Waals surface area contributed by atoms with Crippen molar-refractivity contribution in [2.75, 3.05) is 0 Å². The normalized spacial score (nSPS) is 10.6. The molecule has 116 valence electrons. The van der Waals surface area contributed by atoms with Gasteiger partial charge in [0.05, 0.1) is 0 Å². The summed E-state index contributed by atoms with van der Waals surface area (Å²) in [4.78, 5) is 0. The first-order chi connectivity index (χ1) is 11.2. The van der Waals surface area contributed by atoms with Gasteiger partial charge in [0.15, 0.2) is 0 Å². The van der Waals surface area contributed by atoms with Crippen LogP contribution in [0.3, 0.4) is 0 Å². The Morgan fingerprint density at radius 1 is 0.565 bits per heavy atom. The first-order valence-electron chi connectivity index (χ1n) is 7.97. The van der Waals surface area contributed by atoms with E-state index >= 15 is 0 Å². The van der Waals surface area contributed by atoms with Gasteiger partial charge in [-0.25, -0.2) is 0 Å². The topological polar surface area (TPSA) is 0 Å². The molecule has 0 radical (unpaired) electrons. The molecule has 0 aliphatic carbocycles. The van der Waals surface area contributed by atoms with Crippen LogP contribution in [0.4, 0.5) is 0 Å². The summed E-state index contributed by atoms with van der Waals surface area (Å²) in [5.41, 5.74) is 6.30. The minimum absolute atomic E-state index is 0.891. The molecule has 23 heavy (non-hydrogen) atoms. The molecule has 0 bridgehead atoms. The van der Waals surface area contributed by atoms with Crippen LogP contribution in [-0.4, -0.2) is 0 Å². The van der Waals surface area contributed by atoms with Gasteiger partial charge in [-0.2, -0.15) is 0 Å². The van der Waals surface area contributed by atoms with E-state index in [1.165, 1.54) is 27.8 Å². The molecular weight excluding hydrogens is 276 g/mol. The van der Waals surface area contributed by atoms with Crippen molar-refractivity contribution in [1.82, 2.24) is 0 Å². The Balaban J connectivity index is 2.21. The fourth-order valence-electron chi connectivity index (χ4n) is 2.58. The standard InChI is InChI=1S/C23H24/c1-4-7-19-10-12-20(13-11-19)14-15-23-17-21(8-5-2)16-22(18-23)9-6-3/h4-6,10-18H,1-3,7-9H2. The van der Waals surface area contributed by atoms with E-state index in [-0.39, 0.29) is 0 Å². The molecule has 0 aliphatic rings. The monoisotopic (exact) mass is 300 g/mol. The van der Waals surface area contributed by atoms with E-state index in [0.717, 1.165) is 19.3 Å². The van der Waals surface area contributed by atoms with Crippen molar-refractivity contribution in [3.05, 3.63) is 108 Å². The van der Waals surface area contributed by atoms with Crippen LogP contribution in [-0.2, 0) is 19.3 Å². The van der Waals surface area contributed by atoms with Crippen molar-refractivity contribution < 1.29 is 0 Å². The summed E-state index contributed by atoms with van der Waals surface area (Å²) < 4.78 is 0. The Bertz CT molecular complexity index is 671. The fraction of sp³-hybridized carbons (Fsp3) is 0.130. The van der Waals surface area contributed by atoms with Crippen LogP contribution in [0.15, 0.2) is 80.4 Å². The van der Waals surface area contributed by atoms with Crippen molar-refractivity contribution in [3.8, 4) is 0 Å². The predicted octanol–water partition coefficient (Wildman–Crippen LogP) is 6.04. The van der Waals surface area contributed by atoms with E-state index in [1.54, 1.807) is 0 Å². The lowest BCUT2D eigenvalue weighted by Gasteiger charge is -2.05. The molecule has 0 N–H and O–H groups in total. The zero-order chi connectivity index (χ0) is 16.5. The third-order valence-electron chi connectivity index (χ3n) is 3.66. The van der Waals surface area contributed by atoms with E-state index in [4.69, 9.17) is 0 Å². The molecule has 0 atom stereocenters. The largest absolute Gasteiger partial charge is 0.103 e. The summed E-state index contributed by atoms with van der Waals surface area (Å²) in [6.45, 7) is 11.4. The highest BCUT2D eigenvalue weighted by Gasteiger charge is 1.98. The molecule has 0 unspecified atom stereocenters. The number of hydrogen-bond acceptors (Lipinski definition) is 0. The molecule has 0 aliphatic heterocycles. The predicted molar refractivity (Wildman–Crippen MR) is 104 cm³/mol. The smallest absolute Gasteiger partial charge is 0.00998 e. The Labute approximate surface area is 140 Å². The maximum Gasteiger partial charge on any atom is -0.00998 e. The summed E-state index contributed by atoms with van der Waals surface area (Å²) in [7, 11) is 0. The van der Waals surface area contributed by atoms with Gasteiger partial charge in [0.25, 0.3) is 0 Å². The highest BCUT2D eigenvalue weighted by molar-refractivity contribution is 5.70. The van der Waals surface area contributed by atoms with Crippen LogP contribution in [0.5, 0.6) is 0 Å². The Hall–Kier alpha value is -2.60. The van der Waals surface area contributed by atoms with E-state index in [0.29, 0.717) is 0 Å². The van der Waals surface area contributed by atoms with Gasteiger partial charge in [-0.3, -0.25) is 0 Å². The molecule has 0 saturated carbocycles. The van der Waals surface area contributed by atoms with Crippen LogP contribution >= 0.6 is 0 Å². The molecule has 0 aromatic heterocycles. The van der Waals surface area contributed by atoms with Gasteiger partial charge in [-0.1, -0.05) is 72.8 Å². The van der Waals surface area contributed by atoms with Crippen LogP contribution in [0.1, 0.15) is 27.8 Å². The molecule has 0 fully saturated rings. The molecule has 2 aromatic carbocycles. The van der Waals surface area contributed by atoms with Gasteiger partial charge < -0.3 is 0 Å². The molecule has 0 amide bonds. The van der Waals surface area contributed by atoms with Crippen molar-refractivity contribution in [2.45, 2.75) is 19.3 Å². The molecule has 0 heteroatoms. The van der Waals surface area contributed by atoms with Crippen LogP contribution in [0, 0.1) is 0 Å². The van der Waals surface area contributed by atoms with Crippen molar-refractivity contribution in [1.29, 1.82) is 0 Å². The van der Waals surface area contributed by atoms with Gasteiger partial charge in [0, 0.05) is 0 Å². The lowest BCUT2D eigenvalue weighted by Crippen LogP contribution is -1.89. The second-order valence-electron chi connectivity index (χ2n) is 5.64. The van der Waals surface area contributed by atoms with Crippen molar-refractivity contribution >= 4 is 12.2 Å². The minimum Gasteiger partial charge on any atom is -0.103 e. The first-order valence-corrected chi connectivity index (χ1v) is 7.97. The maximum atomic E-state index is 3.83. The fourth-order valence-corrected chi connectivity index (χ4v) is 2.58. The summed E-state index contributed by atoms with van der Waals surface area (Å²) >= 11 is 0. The average Bonchev–Trinajstić information content (AvgIpc) is 2.55. The van der Waals surface area contributed by atoms with E-state index in [9.17, 15) is 0 Å². The highest BCUT2D eigenvalue weighted by atomic mass is 14.0. The van der Waals surface area contributed by atoms with Gasteiger partial charge in [0.1, 0.15) is 0 Å².